The molecule has 2 aromatic carbocycles. The van der Waals surface area contributed by atoms with Gasteiger partial charge in [-0.25, -0.2) is 0 Å². The predicted octanol–water partition coefficient (Wildman–Crippen LogP) is 4.00. The Hall–Kier alpha value is -3.06. The van der Waals surface area contributed by atoms with Gasteiger partial charge < -0.3 is 10.1 Å². The second kappa shape index (κ2) is 11.0. The number of fused-ring (bicyclic) bond motifs is 3. The van der Waals surface area contributed by atoms with Gasteiger partial charge in [0.2, 0.25) is 0 Å². The fraction of sp³-hybridized carbons (Fsp3) is 0.400. The minimum absolute atomic E-state index is 0. The number of ether oxygens (including phenoxy) is 1. The molecule has 0 aromatic heterocycles. The van der Waals surface area contributed by atoms with Crippen molar-refractivity contribution in [1.82, 2.24) is 10.2 Å². The van der Waals surface area contributed by atoms with Gasteiger partial charge in [-0.1, -0.05) is 0 Å². The van der Waals surface area contributed by atoms with E-state index >= 15 is 0 Å². The van der Waals surface area contributed by atoms with E-state index in [0.717, 1.165) is 44.5 Å². The predicted molar refractivity (Wildman–Crippen MR) is 124 cm³/mol. The molecular weight excluding hydrogens is 424 g/mol. The van der Waals surface area contributed by atoms with Crippen molar-refractivity contribution in [2.24, 2.45) is 0 Å². The summed E-state index contributed by atoms with van der Waals surface area (Å²) >= 11 is 0. The number of piperidine rings is 1. The molecule has 32 heavy (non-hydrogen) atoms. The van der Waals surface area contributed by atoms with Crippen LogP contribution >= 0.6 is 12.4 Å². The number of unbranched alkanes of at least 4 members (excludes halogenated alkanes) is 1. The number of likely N-dealkylation sites (tertiary alicyclic amines) is 1. The standard InChI is InChI=1S/C25H26N4O2.ClH/c26-15-18-5-8-20(9-6-18)25(30)28-11-1-2-12-29-13-3-4-21-22-14-19(16-27)7-10-24(22)31-17-23(21)29;/h5-10,14,21,23H,1-4,11-13,17H2,(H,28,30);1H/t21-,23-;/m0./s1. The fourth-order valence-electron chi connectivity index (χ4n) is 4.64. The number of carbonyl (C=O) groups is 1. The monoisotopic (exact) mass is 450 g/mol. The molecular formula is C25H27ClN4O2. The summed E-state index contributed by atoms with van der Waals surface area (Å²) in [6.45, 7) is 3.37. The van der Waals surface area contributed by atoms with E-state index in [1.165, 1.54) is 5.56 Å². The number of carbonyl (C=O) groups excluding carboxylic acids is 1. The molecule has 2 aliphatic heterocycles. The van der Waals surface area contributed by atoms with E-state index in [1.807, 2.05) is 18.2 Å². The summed E-state index contributed by atoms with van der Waals surface area (Å²) in [5.74, 6) is 1.24. The third-order valence-corrected chi connectivity index (χ3v) is 6.28. The third-order valence-electron chi connectivity index (χ3n) is 6.28. The molecule has 0 spiro atoms. The van der Waals surface area contributed by atoms with Gasteiger partial charge in [-0.3, -0.25) is 9.69 Å². The third kappa shape index (κ3) is 5.22. The highest BCUT2D eigenvalue weighted by molar-refractivity contribution is 5.94. The summed E-state index contributed by atoms with van der Waals surface area (Å²) < 4.78 is 6.02. The summed E-state index contributed by atoms with van der Waals surface area (Å²) in [5, 5.41) is 21.0. The molecule has 0 bridgehead atoms. The van der Waals surface area contributed by atoms with Gasteiger partial charge in [-0.05, 0) is 81.2 Å². The lowest BCUT2D eigenvalue weighted by Crippen LogP contribution is -2.49. The Morgan fingerprint density at radius 3 is 2.59 bits per heavy atom. The second-order valence-corrected chi connectivity index (χ2v) is 8.18. The largest absolute Gasteiger partial charge is 0.492 e. The number of benzene rings is 2. The number of rotatable bonds is 6. The van der Waals surface area contributed by atoms with Crippen molar-refractivity contribution in [3.8, 4) is 17.9 Å². The second-order valence-electron chi connectivity index (χ2n) is 8.18. The maximum Gasteiger partial charge on any atom is 0.251 e. The smallest absolute Gasteiger partial charge is 0.251 e. The lowest BCUT2D eigenvalue weighted by molar-refractivity contribution is 0.0645. The van der Waals surface area contributed by atoms with E-state index in [-0.39, 0.29) is 18.3 Å². The van der Waals surface area contributed by atoms with Crippen molar-refractivity contribution in [3.05, 3.63) is 64.7 Å². The molecule has 1 amide bonds. The number of hydrogen-bond acceptors (Lipinski definition) is 5. The van der Waals surface area contributed by atoms with E-state index in [4.69, 9.17) is 10.00 Å². The highest BCUT2D eigenvalue weighted by Gasteiger charge is 2.37. The van der Waals surface area contributed by atoms with E-state index in [1.54, 1.807) is 24.3 Å². The Bertz CT molecular complexity index is 1030. The van der Waals surface area contributed by atoms with Gasteiger partial charge in [0.25, 0.3) is 5.91 Å². The van der Waals surface area contributed by atoms with E-state index in [2.05, 4.69) is 22.4 Å². The summed E-state index contributed by atoms with van der Waals surface area (Å²) in [6.07, 6.45) is 4.19. The van der Waals surface area contributed by atoms with E-state index in [0.29, 0.717) is 41.8 Å². The lowest BCUT2D eigenvalue weighted by atomic mass is 9.81. The van der Waals surface area contributed by atoms with Crippen molar-refractivity contribution in [2.75, 3.05) is 26.2 Å². The average Bonchev–Trinajstić information content (AvgIpc) is 2.83. The summed E-state index contributed by atoms with van der Waals surface area (Å²) in [5.41, 5.74) is 3.00. The average molecular weight is 451 g/mol. The Kier molecular flexibility index (Phi) is 8.11. The quantitative estimate of drug-likeness (QED) is 0.672. The Labute approximate surface area is 195 Å². The molecule has 1 N–H and O–H groups in total. The molecule has 0 unspecified atom stereocenters. The molecule has 7 heteroatoms. The van der Waals surface area contributed by atoms with Crippen LogP contribution in [0.4, 0.5) is 0 Å². The van der Waals surface area contributed by atoms with Gasteiger partial charge in [-0.2, -0.15) is 10.5 Å². The Morgan fingerprint density at radius 2 is 1.84 bits per heavy atom. The van der Waals surface area contributed by atoms with Gasteiger partial charge in [0, 0.05) is 23.6 Å². The van der Waals surface area contributed by atoms with E-state index in [9.17, 15) is 10.1 Å². The first-order chi connectivity index (χ1) is 15.2. The number of nitriles is 2. The SMILES string of the molecule is Cl.N#Cc1ccc(C(=O)NCCCCN2CCC[C@H]3c4cc(C#N)ccc4OC[C@@H]32)cc1. The normalized spacial score (nSPS) is 19.2. The molecule has 0 aliphatic carbocycles. The number of hydrogen-bond donors (Lipinski definition) is 1. The van der Waals surface area contributed by atoms with Crippen LogP contribution < -0.4 is 10.1 Å². The molecule has 6 nitrogen and oxygen atoms in total. The zero-order chi connectivity index (χ0) is 21.6. The number of amides is 1. The molecule has 4 rings (SSSR count). The molecule has 2 aliphatic rings. The van der Waals surface area contributed by atoms with Crippen LogP contribution in [0.1, 0.15) is 58.6 Å². The van der Waals surface area contributed by atoms with Gasteiger partial charge in [0.1, 0.15) is 12.4 Å². The minimum atomic E-state index is -0.104. The highest BCUT2D eigenvalue weighted by atomic mass is 35.5. The fourth-order valence-corrected chi connectivity index (χ4v) is 4.64. The molecule has 1 saturated heterocycles. The van der Waals surface area contributed by atoms with Crippen LogP contribution in [0.3, 0.4) is 0 Å². The van der Waals surface area contributed by atoms with Crippen LogP contribution in [-0.2, 0) is 0 Å². The lowest BCUT2D eigenvalue weighted by Gasteiger charge is -2.44. The Balaban J connectivity index is 0.00000289. The van der Waals surface area contributed by atoms with E-state index < -0.39 is 0 Å². The molecule has 1 fully saturated rings. The van der Waals surface area contributed by atoms with Crippen LogP contribution in [0.5, 0.6) is 5.75 Å². The number of nitrogens with zero attached hydrogens (tertiary/aromatic N) is 3. The summed E-state index contributed by atoms with van der Waals surface area (Å²) in [7, 11) is 0. The van der Waals surface area contributed by atoms with Gasteiger partial charge in [0.05, 0.1) is 29.3 Å². The van der Waals surface area contributed by atoms with Crippen LogP contribution in [0, 0.1) is 22.7 Å². The highest BCUT2D eigenvalue weighted by Crippen LogP contribution is 2.41. The maximum atomic E-state index is 12.2. The van der Waals surface area contributed by atoms with Gasteiger partial charge in [0.15, 0.2) is 0 Å². The molecule has 2 atom stereocenters. The summed E-state index contributed by atoms with van der Waals surface area (Å²) in [4.78, 5) is 14.7. The van der Waals surface area contributed by atoms with Crippen molar-refractivity contribution >= 4 is 18.3 Å². The number of halogens is 1. The zero-order valence-electron chi connectivity index (χ0n) is 17.9. The van der Waals surface area contributed by atoms with Crippen molar-refractivity contribution < 1.29 is 9.53 Å². The maximum absolute atomic E-state index is 12.2. The molecule has 0 saturated carbocycles. The van der Waals surface area contributed by atoms with Gasteiger partial charge >= 0.3 is 0 Å². The molecule has 2 heterocycles. The minimum Gasteiger partial charge on any atom is -0.492 e. The van der Waals surface area contributed by atoms with Crippen molar-refractivity contribution in [1.29, 1.82) is 10.5 Å². The molecule has 166 valence electrons. The first kappa shape index (κ1) is 23.6. The van der Waals surface area contributed by atoms with Crippen molar-refractivity contribution in [3.63, 3.8) is 0 Å². The van der Waals surface area contributed by atoms with Crippen LogP contribution in [0.25, 0.3) is 0 Å². The van der Waals surface area contributed by atoms with Gasteiger partial charge in [-0.15, -0.1) is 12.4 Å². The Morgan fingerprint density at radius 1 is 1.09 bits per heavy atom. The first-order valence-electron chi connectivity index (χ1n) is 10.9. The van der Waals surface area contributed by atoms with Crippen LogP contribution in [0.15, 0.2) is 42.5 Å². The van der Waals surface area contributed by atoms with Crippen LogP contribution in [-0.4, -0.2) is 43.1 Å². The van der Waals surface area contributed by atoms with Crippen LogP contribution in [0.2, 0.25) is 0 Å². The molecule has 2 aromatic rings. The first-order valence-corrected chi connectivity index (χ1v) is 10.9. The topological polar surface area (TPSA) is 89.2 Å². The summed E-state index contributed by atoms with van der Waals surface area (Å²) in [6, 6.07) is 17.1. The number of nitrogens with one attached hydrogen (secondary N) is 1. The zero-order valence-corrected chi connectivity index (χ0v) is 18.7. The molecule has 0 radical (unpaired) electrons. The van der Waals surface area contributed by atoms with Crippen molar-refractivity contribution in [2.45, 2.75) is 37.6 Å².